The number of ether oxygens (including phenoxy) is 1. The molecule has 1 aromatic heterocycles. The first-order chi connectivity index (χ1) is 9.74. The van der Waals surface area contributed by atoms with Crippen LogP contribution in [0.15, 0.2) is 59.2 Å². The summed E-state index contributed by atoms with van der Waals surface area (Å²) < 4.78 is 6.85. The summed E-state index contributed by atoms with van der Waals surface area (Å²) in [6, 6.07) is 15.5. The zero-order valence-electron chi connectivity index (χ0n) is 10.5. The molecule has 0 amide bonds. The summed E-state index contributed by atoms with van der Waals surface area (Å²) in [5.74, 6) is 0.814. The fraction of sp³-hybridized carbons (Fsp3) is 0.0625. The molecule has 3 aromatic rings. The fourth-order valence-electron chi connectivity index (χ4n) is 2.00. The third-order valence-electron chi connectivity index (χ3n) is 3.00. The van der Waals surface area contributed by atoms with E-state index in [1.54, 1.807) is 6.20 Å². The highest BCUT2D eigenvalue weighted by molar-refractivity contribution is 9.10. The number of aromatic nitrogens is 1. The lowest BCUT2D eigenvalue weighted by molar-refractivity contribution is 0.310. The summed E-state index contributed by atoms with van der Waals surface area (Å²) >= 11 is 9.58. The second-order valence-corrected chi connectivity index (χ2v) is 5.67. The Labute approximate surface area is 130 Å². The molecule has 2 nitrogen and oxygen atoms in total. The Morgan fingerprint density at radius 3 is 2.85 bits per heavy atom. The maximum Gasteiger partial charge on any atom is 0.129 e. The van der Waals surface area contributed by atoms with E-state index in [9.17, 15) is 0 Å². The third-order valence-corrected chi connectivity index (χ3v) is 3.85. The first kappa shape index (κ1) is 13.4. The van der Waals surface area contributed by atoms with Crippen molar-refractivity contribution in [3.05, 3.63) is 69.8 Å². The maximum absolute atomic E-state index is 6.19. The molecule has 2 aromatic carbocycles. The summed E-state index contributed by atoms with van der Waals surface area (Å²) in [7, 11) is 0. The molecule has 0 unspecified atom stereocenters. The predicted octanol–water partition coefficient (Wildman–Crippen LogP) is 5.23. The molecule has 0 N–H and O–H groups in total. The van der Waals surface area contributed by atoms with Crippen molar-refractivity contribution in [2.24, 2.45) is 0 Å². The number of hydrogen-bond donors (Lipinski definition) is 0. The minimum atomic E-state index is 0.431. The van der Waals surface area contributed by atoms with Crippen molar-refractivity contribution in [3.8, 4) is 5.75 Å². The highest BCUT2D eigenvalue weighted by atomic mass is 79.9. The average Bonchev–Trinajstić information content (AvgIpc) is 2.46. The number of benzene rings is 2. The molecule has 1 heterocycles. The van der Waals surface area contributed by atoms with Gasteiger partial charge in [-0.25, -0.2) is 0 Å². The van der Waals surface area contributed by atoms with E-state index in [0.29, 0.717) is 11.6 Å². The number of hydrogen-bond acceptors (Lipinski definition) is 2. The zero-order chi connectivity index (χ0) is 13.9. The Morgan fingerprint density at radius 1 is 1.10 bits per heavy atom. The van der Waals surface area contributed by atoms with Gasteiger partial charge in [-0.2, -0.15) is 0 Å². The lowest BCUT2D eigenvalue weighted by Gasteiger charge is -2.10. The predicted molar refractivity (Wildman–Crippen MR) is 85.2 cm³/mol. The standard InChI is InChI=1S/C16H11BrClNO/c17-12-7-6-11(14(18)9-12)10-20-16-5-1-4-15-13(16)3-2-8-19-15/h1-9H,10H2. The number of nitrogens with zero attached hydrogens (tertiary/aromatic N) is 1. The second-order valence-electron chi connectivity index (χ2n) is 4.35. The van der Waals surface area contributed by atoms with Gasteiger partial charge in [-0.05, 0) is 36.4 Å². The van der Waals surface area contributed by atoms with Crippen LogP contribution < -0.4 is 4.74 Å². The van der Waals surface area contributed by atoms with Crippen LogP contribution in [-0.4, -0.2) is 4.98 Å². The van der Waals surface area contributed by atoms with Gasteiger partial charge in [-0.3, -0.25) is 4.98 Å². The largest absolute Gasteiger partial charge is 0.488 e. The number of fused-ring (bicyclic) bond motifs is 1. The van der Waals surface area contributed by atoms with Crippen LogP contribution in [0.25, 0.3) is 10.9 Å². The van der Waals surface area contributed by atoms with Gasteiger partial charge in [0.25, 0.3) is 0 Å². The summed E-state index contributed by atoms with van der Waals surface area (Å²) in [4.78, 5) is 4.31. The van der Waals surface area contributed by atoms with Crippen molar-refractivity contribution in [1.82, 2.24) is 4.98 Å². The fourth-order valence-corrected chi connectivity index (χ4v) is 2.72. The first-order valence-corrected chi connectivity index (χ1v) is 7.31. The van der Waals surface area contributed by atoms with E-state index in [4.69, 9.17) is 16.3 Å². The van der Waals surface area contributed by atoms with Crippen molar-refractivity contribution in [2.75, 3.05) is 0 Å². The van der Waals surface area contributed by atoms with Crippen molar-refractivity contribution in [3.63, 3.8) is 0 Å². The Morgan fingerprint density at radius 2 is 2.00 bits per heavy atom. The summed E-state index contributed by atoms with van der Waals surface area (Å²) in [5.41, 5.74) is 1.88. The number of pyridine rings is 1. The zero-order valence-corrected chi connectivity index (χ0v) is 12.9. The van der Waals surface area contributed by atoms with Crippen LogP contribution in [0.4, 0.5) is 0 Å². The molecule has 20 heavy (non-hydrogen) atoms. The van der Waals surface area contributed by atoms with Crippen molar-refractivity contribution in [1.29, 1.82) is 0 Å². The van der Waals surface area contributed by atoms with Gasteiger partial charge >= 0.3 is 0 Å². The van der Waals surface area contributed by atoms with Crippen LogP contribution in [0.2, 0.25) is 5.02 Å². The normalized spacial score (nSPS) is 10.7. The molecule has 4 heteroatoms. The Hall–Kier alpha value is -1.58. The molecule has 0 aliphatic heterocycles. The van der Waals surface area contributed by atoms with Crippen LogP contribution in [0.5, 0.6) is 5.75 Å². The minimum Gasteiger partial charge on any atom is -0.488 e. The van der Waals surface area contributed by atoms with E-state index >= 15 is 0 Å². The topological polar surface area (TPSA) is 22.1 Å². The third kappa shape index (κ3) is 2.79. The molecule has 0 fully saturated rings. The Bertz CT molecular complexity index is 755. The van der Waals surface area contributed by atoms with Gasteiger partial charge in [0.15, 0.2) is 0 Å². The van der Waals surface area contributed by atoms with Crippen LogP contribution in [0, 0.1) is 0 Å². The lowest BCUT2D eigenvalue weighted by Crippen LogP contribution is -1.97. The lowest BCUT2D eigenvalue weighted by atomic mass is 10.2. The molecular weight excluding hydrogens is 338 g/mol. The van der Waals surface area contributed by atoms with Gasteiger partial charge in [0, 0.05) is 26.6 Å². The first-order valence-electron chi connectivity index (χ1n) is 6.14. The quantitative estimate of drug-likeness (QED) is 0.646. The second kappa shape index (κ2) is 5.81. The Kier molecular flexibility index (Phi) is 3.90. The van der Waals surface area contributed by atoms with Gasteiger partial charge < -0.3 is 4.74 Å². The molecular formula is C16H11BrClNO. The number of rotatable bonds is 3. The molecule has 0 radical (unpaired) electrons. The monoisotopic (exact) mass is 347 g/mol. The van der Waals surface area contributed by atoms with E-state index in [-0.39, 0.29) is 0 Å². The molecule has 100 valence electrons. The molecule has 0 bridgehead atoms. The van der Waals surface area contributed by atoms with Gasteiger partial charge in [0.1, 0.15) is 12.4 Å². The molecule has 0 saturated carbocycles. The highest BCUT2D eigenvalue weighted by Gasteiger charge is 2.05. The van der Waals surface area contributed by atoms with E-state index in [1.807, 2.05) is 48.5 Å². The molecule has 0 aliphatic carbocycles. The van der Waals surface area contributed by atoms with Crippen LogP contribution >= 0.6 is 27.5 Å². The highest BCUT2D eigenvalue weighted by Crippen LogP contribution is 2.26. The molecule has 0 atom stereocenters. The number of halogens is 2. The summed E-state index contributed by atoms with van der Waals surface area (Å²) in [6.07, 6.45) is 1.78. The van der Waals surface area contributed by atoms with Crippen LogP contribution in [-0.2, 0) is 6.61 Å². The van der Waals surface area contributed by atoms with Crippen molar-refractivity contribution < 1.29 is 4.74 Å². The van der Waals surface area contributed by atoms with Gasteiger partial charge in [-0.15, -0.1) is 0 Å². The minimum absolute atomic E-state index is 0.431. The average molecular weight is 349 g/mol. The SMILES string of the molecule is Clc1cc(Br)ccc1COc1cccc2ncccc12. The van der Waals surface area contributed by atoms with Crippen LogP contribution in [0.3, 0.4) is 0 Å². The van der Waals surface area contributed by atoms with Gasteiger partial charge in [-0.1, -0.05) is 39.7 Å². The maximum atomic E-state index is 6.19. The molecule has 0 aliphatic rings. The van der Waals surface area contributed by atoms with Crippen molar-refractivity contribution >= 4 is 38.4 Å². The smallest absolute Gasteiger partial charge is 0.129 e. The molecule has 0 spiro atoms. The van der Waals surface area contributed by atoms with E-state index < -0.39 is 0 Å². The van der Waals surface area contributed by atoms with E-state index in [1.165, 1.54) is 0 Å². The molecule has 3 rings (SSSR count). The van der Waals surface area contributed by atoms with Crippen LogP contribution in [0.1, 0.15) is 5.56 Å². The Balaban J connectivity index is 1.87. The van der Waals surface area contributed by atoms with E-state index in [2.05, 4.69) is 20.9 Å². The van der Waals surface area contributed by atoms with Crippen molar-refractivity contribution in [2.45, 2.75) is 6.61 Å². The molecule has 0 saturated heterocycles. The van der Waals surface area contributed by atoms with E-state index in [0.717, 1.165) is 26.7 Å². The van der Waals surface area contributed by atoms with Gasteiger partial charge in [0.2, 0.25) is 0 Å². The summed E-state index contributed by atoms with van der Waals surface area (Å²) in [6.45, 7) is 0.431. The van der Waals surface area contributed by atoms with Gasteiger partial charge in [0.05, 0.1) is 5.52 Å². The summed E-state index contributed by atoms with van der Waals surface area (Å²) in [5, 5.41) is 1.70.